The Kier molecular flexibility index (Phi) is 3.62. The van der Waals surface area contributed by atoms with E-state index in [-0.39, 0.29) is 31.3 Å². The Bertz CT molecular complexity index is 583. The van der Waals surface area contributed by atoms with E-state index in [2.05, 4.69) is 0 Å². The van der Waals surface area contributed by atoms with Crippen LogP contribution in [0.15, 0.2) is 42.2 Å². The van der Waals surface area contributed by atoms with Gasteiger partial charge in [0.25, 0.3) is 0 Å². The molecule has 1 N–H and O–H groups in total. The number of esters is 1. The zero-order valence-corrected chi connectivity index (χ0v) is 11.3. The van der Waals surface area contributed by atoms with Crippen LogP contribution in [0.3, 0.4) is 0 Å². The average molecular weight is 290 g/mol. The molecule has 0 radical (unpaired) electrons. The first-order valence-electron chi connectivity index (χ1n) is 6.70. The van der Waals surface area contributed by atoms with Crippen molar-refractivity contribution < 1.29 is 24.2 Å². The van der Waals surface area contributed by atoms with Gasteiger partial charge >= 0.3 is 5.97 Å². The summed E-state index contributed by atoms with van der Waals surface area (Å²) in [5.74, 6) is -0.413. The van der Waals surface area contributed by atoms with E-state index >= 15 is 0 Å². The lowest BCUT2D eigenvalue weighted by Gasteiger charge is -2.33. The first-order valence-corrected chi connectivity index (χ1v) is 6.70. The van der Waals surface area contributed by atoms with Crippen molar-refractivity contribution in [1.29, 1.82) is 0 Å². The number of carbonyl (C=O) groups excluding carboxylic acids is 2. The summed E-state index contributed by atoms with van der Waals surface area (Å²) in [7, 11) is 0. The summed E-state index contributed by atoms with van der Waals surface area (Å²) < 4.78 is 10.7. The first kappa shape index (κ1) is 13.6. The molecule has 2 aliphatic rings. The Morgan fingerprint density at radius 2 is 2.19 bits per heavy atom. The Hall–Kier alpha value is -2.34. The molecule has 2 fully saturated rings. The van der Waals surface area contributed by atoms with E-state index < -0.39 is 18.2 Å². The molecule has 0 aromatic heterocycles. The first-order chi connectivity index (χ1) is 10.2. The second-order valence-corrected chi connectivity index (χ2v) is 4.86. The van der Waals surface area contributed by atoms with Crippen LogP contribution in [-0.2, 0) is 25.7 Å². The largest absolute Gasteiger partial charge is 0.472 e. The summed E-state index contributed by atoms with van der Waals surface area (Å²) in [6.07, 6.45) is 1.23. The van der Waals surface area contributed by atoms with Crippen LogP contribution in [0.2, 0.25) is 0 Å². The molecular formula is C15H15NO5. The molecule has 110 valence electrons. The molecule has 6 nitrogen and oxygen atoms in total. The van der Waals surface area contributed by atoms with Crippen molar-refractivity contribution in [3.63, 3.8) is 0 Å². The van der Waals surface area contributed by atoms with E-state index in [0.717, 1.165) is 5.56 Å². The number of rotatable bonds is 4. The van der Waals surface area contributed by atoms with E-state index in [4.69, 9.17) is 14.6 Å². The maximum atomic E-state index is 12.2. The molecule has 2 atom stereocenters. The maximum absolute atomic E-state index is 12.2. The molecule has 0 bridgehead atoms. The highest BCUT2D eigenvalue weighted by Gasteiger charge is 2.54. The summed E-state index contributed by atoms with van der Waals surface area (Å²) in [4.78, 5) is 25.2. The van der Waals surface area contributed by atoms with Crippen LogP contribution in [0.1, 0.15) is 12.0 Å². The summed E-state index contributed by atoms with van der Waals surface area (Å²) >= 11 is 0. The smallest absolute Gasteiger partial charge is 0.337 e. The Balaban J connectivity index is 1.70. The van der Waals surface area contributed by atoms with Crippen LogP contribution in [0.25, 0.3) is 0 Å². The van der Waals surface area contributed by atoms with Crippen LogP contribution in [0.5, 0.6) is 0 Å². The summed E-state index contributed by atoms with van der Waals surface area (Å²) in [5.41, 5.74) is 0.865. The topological polar surface area (TPSA) is 76.1 Å². The molecule has 2 aliphatic heterocycles. The van der Waals surface area contributed by atoms with Gasteiger partial charge in [-0.2, -0.15) is 0 Å². The van der Waals surface area contributed by atoms with Gasteiger partial charge in [0.15, 0.2) is 12.3 Å². The van der Waals surface area contributed by atoms with Crippen molar-refractivity contribution in [2.45, 2.75) is 25.3 Å². The van der Waals surface area contributed by atoms with E-state index in [1.165, 1.54) is 11.0 Å². The maximum Gasteiger partial charge on any atom is 0.337 e. The van der Waals surface area contributed by atoms with Gasteiger partial charge in [-0.15, -0.1) is 0 Å². The van der Waals surface area contributed by atoms with Crippen molar-refractivity contribution >= 4 is 11.9 Å². The molecule has 1 aromatic rings. The van der Waals surface area contributed by atoms with E-state index in [0.29, 0.717) is 0 Å². The van der Waals surface area contributed by atoms with Gasteiger partial charge in [-0.1, -0.05) is 30.3 Å². The van der Waals surface area contributed by atoms with Gasteiger partial charge in [0.05, 0.1) is 13.0 Å². The fraction of sp³-hybridized carbons (Fsp3) is 0.333. The fourth-order valence-electron chi connectivity index (χ4n) is 2.46. The minimum absolute atomic E-state index is 0.134. The number of β-lactam (4-membered cyclic amide) rings is 1. The number of benzene rings is 1. The predicted molar refractivity (Wildman–Crippen MR) is 71.5 cm³/mol. The number of hydrogen-bond donors (Lipinski definition) is 1. The minimum atomic E-state index is -0.882. The molecule has 3 rings (SSSR count). The lowest BCUT2D eigenvalue weighted by molar-refractivity contribution is -0.166. The van der Waals surface area contributed by atoms with Gasteiger partial charge in [0.2, 0.25) is 5.91 Å². The third-order valence-electron chi connectivity index (χ3n) is 3.51. The zero-order valence-electron chi connectivity index (χ0n) is 11.3. The highest BCUT2D eigenvalue weighted by molar-refractivity contribution is 5.91. The zero-order chi connectivity index (χ0) is 14.8. The summed E-state index contributed by atoms with van der Waals surface area (Å²) in [6.45, 7) is -0.123. The summed E-state index contributed by atoms with van der Waals surface area (Å²) in [6, 6.07) is 8.40. The number of fused-ring (bicyclic) bond motifs is 1. The van der Waals surface area contributed by atoms with Gasteiger partial charge in [-0.25, -0.2) is 4.79 Å². The number of ether oxygens (including phenoxy) is 2. The third-order valence-corrected chi connectivity index (χ3v) is 3.51. The molecule has 0 aliphatic carbocycles. The number of carbonyl (C=O) groups is 2. The molecule has 0 saturated carbocycles. The van der Waals surface area contributed by atoms with E-state index in [9.17, 15) is 9.59 Å². The normalized spacial score (nSPS) is 25.3. The molecule has 0 unspecified atom stereocenters. The highest BCUT2D eigenvalue weighted by atomic mass is 16.6. The quantitative estimate of drug-likeness (QED) is 0.498. The molecule has 2 saturated heterocycles. The molecule has 2 heterocycles. The van der Waals surface area contributed by atoms with Crippen molar-refractivity contribution in [1.82, 2.24) is 4.90 Å². The average Bonchev–Trinajstić information content (AvgIpc) is 2.79. The van der Waals surface area contributed by atoms with Gasteiger partial charge in [0, 0.05) is 0 Å². The fourth-order valence-corrected chi connectivity index (χ4v) is 2.46. The Morgan fingerprint density at radius 1 is 1.43 bits per heavy atom. The highest BCUT2D eigenvalue weighted by Crippen LogP contribution is 2.36. The van der Waals surface area contributed by atoms with Crippen LogP contribution in [-0.4, -0.2) is 40.8 Å². The number of amides is 1. The van der Waals surface area contributed by atoms with Crippen LogP contribution >= 0.6 is 0 Å². The predicted octanol–water partition coefficient (Wildman–Crippen LogP) is 0.563. The van der Waals surface area contributed by atoms with E-state index in [1.807, 2.05) is 30.3 Å². The van der Waals surface area contributed by atoms with Crippen LogP contribution < -0.4 is 0 Å². The van der Waals surface area contributed by atoms with Crippen molar-refractivity contribution in [3.8, 4) is 0 Å². The number of aliphatic hydroxyl groups is 1. The molecular weight excluding hydrogens is 275 g/mol. The standard InChI is InChI=1S/C15H15NO5/c17-7-6-11-14(16-12(18)8-13(16)21-11)15(19)20-9-10-4-2-1-3-5-10/h1-6,13-14,17H,7-9H2/b11-6-/t13-,14-/m1/s1/i15+1. The Morgan fingerprint density at radius 3 is 2.86 bits per heavy atom. The van der Waals surface area contributed by atoms with Gasteiger partial charge in [-0.3, -0.25) is 9.69 Å². The monoisotopic (exact) mass is 290 g/mol. The molecule has 21 heavy (non-hydrogen) atoms. The van der Waals surface area contributed by atoms with Gasteiger partial charge in [0.1, 0.15) is 12.4 Å². The minimum Gasteiger partial charge on any atom is -0.472 e. The van der Waals surface area contributed by atoms with Crippen LogP contribution in [0.4, 0.5) is 0 Å². The van der Waals surface area contributed by atoms with Gasteiger partial charge in [-0.05, 0) is 11.6 Å². The molecule has 1 aromatic carbocycles. The number of nitrogens with zero attached hydrogens (tertiary/aromatic N) is 1. The Labute approximate surface area is 121 Å². The van der Waals surface area contributed by atoms with Gasteiger partial charge < -0.3 is 14.6 Å². The van der Waals surface area contributed by atoms with Crippen molar-refractivity contribution in [2.24, 2.45) is 0 Å². The molecule has 6 heteroatoms. The second-order valence-electron chi connectivity index (χ2n) is 4.86. The van der Waals surface area contributed by atoms with E-state index in [1.54, 1.807) is 0 Å². The lowest BCUT2D eigenvalue weighted by atomic mass is 10.1. The number of hydrogen-bond acceptors (Lipinski definition) is 5. The lowest BCUT2D eigenvalue weighted by Crippen LogP contribution is -2.55. The summed E-state index contributed by atoms with van der Waals surface area (Å²) in [5, 5.41) is 8.98. The molecule has 0 spiro atoms. The third kappa shape index (κ3) is 2.50. The van der Waals surface area contributed by atoms with Crippen molar-refractivity contribution in [2.75, 3.05) is 6.61 Å². The molecule has 1 amide bonds. The number of aliphatic hydroxyl groups excluding tert-OH is 1. The second kappa shape index (κ2) is 5.57. The SMILES string of the molecule is O=C1C[C@H]2O/C(=C\CO)[C@H]([13C](=O)OCc3ccccc3)N12. The van der Waals surface area contributed by atoms with Crippen molar-refractivity contribution in [3.05, 3.63) is 47.7 Å². The van der Waals surface area contributed by atoms with Crippen LogP contribution in [0, 0.1) is 0 Å².